The minimum absolute atomic E-state index is 0.509. The van der Waals surface area contributed by atoms with Gasteiger partial charge in [0.2, 0.25) is 0 Å². The summed E-state index contributed by atoms with van der Waals surface area (Å²) in [7, 11) is 0. The minimum atomic E-state index is -0.509. The van der Waals surface area contributed by atoms with Crippen molar-refractivity contribution in [2.75, 3.05) is 0 Å². The van der Waals surface area contributed by atoms with Crippen molar-refractivity contribution < 1.29 is 0 Å². The van der Waals surface area contributed by atoms with E-state index in [1.165, 1.54) is 75.5 Å². The van der Waals surface area contributed by atoms with Crippen LogP contribution >= 0.6 is 11.3 Å². The van der Waals surface area contributed by atoms with E-state index in [2.05, 4.69) is 206 Å². The molecule has 0 radical (unpaired) electrons. The first kappa shape index (κ1) is 33.0. The van der Waals surface area contributed by atoms with Crippen LogP contribution in [-0.4, -0.2) is 9.97 Å². The van der Waals surface area contributed by atoms with Crippen molar-refractivity contribution in [1.29, 1.82) is 0 Å². The summed E-state index contributed by atoms with van der Waals surface area (Å²) in [6, 6.07) is 75.2. The van der Waals surface area contributed by atoms with Gasteiger partial charge in [-0.25, -0.2) is 9.97 Å². The highest BCUT2D eigenvalue weighted by atomic mass is 32.1. The second-order valence-electron chi connectivity index (χ2n) is 15.3. The molecule has 12 rings (SSSR count). The van der Waals surface area contributed by atoms with Crippen LogP contribution < -0.4 is 0 Å². The maximum absolute atomic E-state index is 5.31. The lowest BCUT2D eigenvalue weighted by molar-refractivity contribution is 0.770. The number of rotatable bonds is 5. The Morgan fingerprint density at radius 3 is 1.74 bits per heavy atom. The average Bonchev–Trinajstić information content (AvgIpc) is 3.82. The van der Waals surface area contributed by atoms with Gasteiger partial charge in [0, 0.05) is 36.7 Å². The molecule has 0 spiro atoms. The lowest BCUT2D eigenvalue weighted by atomic mass is 9.67. The summed E-state index contributed by atoms with van der Waals surface area (Å²) in [6.45, 7) is 0. The van der Waals surface area contributed by atoms with Gasteiger partial charge in [-0.1, -0.05) is 176 Å². The molecule has 0 fully saturated rings. The number of benzene rings is 9. The first-order valence-electron chi connectivity index (χ1n) is 19.8. The van der Waals surface area contributed by atoms with E-state index in [4.69, 9.17) is 9.97 Å². The van der Waals surface area contributed by atoms with Gasteiger partial charge in [0.15, 0.2) is 5.82 Å². The summed E-state index contributed by atoms with van der Waals surface area (Å²) >= 11 is 1.86. The van der Waals surface area contributed by atoms with Crippen molar-refractivity contribution in [1.82, 2.24) is 9.97 Å². The van der Waals surface area contributed by atoms with E-state index in [1.807, 2.05) is 11.3 Å². The molecule has 0 aliphatic heterocycles. The second kappa shape index (κ2) is 12.9. The van der Waals surface area contributed by atoms with Crippen LogP contribution in [0.1, 0.15) is 22.3 Å². The van der Waals surface area contributed by atoms with E-state index in [1.54, 1.807) is 0 Å². The Morgan fingerprint density at radius 2 is 0.948 bits per heavy atom. The van der Waals surface area contributed by atoms with Gasteiger partial charge >= 0.3 is 0 Å². The lowest BCUT2D eigenvalue weighted by Gasteiger charge is -2.34. The molecule has 270 valence electrons. The molecule has 3 heteroatoms. The molecule has 0 unspecified atom stereocenters. The van der Waals surface area contributed by atoms with Crippen LogP contribution in [0, 0.1) is 0 Å². The Morgan fingerprint density at radius 1 is 0.362 bits per heavy atom. The topological polar surface area (TPSA) is 25.8 Å². The molecule has 2 heterocycles. The van der Waals surface area contributed by atoms with Crippen LogP contribution in [-0.2, 0) is 5.41 Å². The summed E-state index contributed by atoms with van der Waals surface area (Å²) in [5.74, 6) is 0.714. The first-order valence-corrected chi connectivity index (χ1v) is 20.6. The van der Waals surface area contributed by atoms with Gasteiger partial charge in [-0.05, 0) is 85.6 Å². The highest BCUT2D eigenvalue weighted by Crippen LogP contribution is 2.56. The second-order valence-corrected chi connectivity index (χ2v) is 16.4. The molecule has 0 amide bonds. The predicted molar refractivity (Wildman–Crippen MR) is 244 cm³/mol. The fourth-order valence-electron chi connectivity index (χ4n) is 9.47. The van der Waals surface area contributed by atoms with Gasteiger partial charge < -0.3 is 0 Å². The molecule has 0 saturated heterocycles. The van der Waals surface area contributed by atoms with E-state index in [9.17, 15) is 0 Å². The summed E-state index contributed by atoms with van der Waals surface area (Å²) in [5, 5.41) is 6.14. The summed E-state index contributed by atoms with van der Waals surface area (Å²) in [5.41, 5.74) is 13.4. The van der Waals surface area contributed by atoms with Crippen LogP contribution in [0.3, 0.4) is 0 Å². The summed E-state index contributed by atoms with van der Waals surface area (Å²) in [4.78, 5) is 10.5. The number of hydrogen-bond acceptors (Lipinski definition) is 3. The fourth-order valence-corrected chi connectivity index (χ4v) is 10.6. The maximum Gasteiger partial charge on any atom is 0.160 e. The number of para-hydroxylation sites is 1. The number of aromatic nitrogens is 2. The van der Waals surface area contributed by atoms with Crippen molar-refractivity contribution in [2.24, 2.45) is 0 Å². The van der Waals surface area contributed by atoms with Crippen LogP contribution in [0.2, 0.25) is 0 Å². The molecule has 58 heavy (non-hydrogen) atoms. The molecule has 0 saturated carbocycles. The van der Waals surface area contributed by atoms with Crippen LogP contribution in [0.4, 0.5) is 0 Å². The van der Waals surface area contributed by atoms with Gasteiger partial charge in [0.25, 0.3) is 0 Å². The Hall–Kier alpha value is -7.20. The molecular weight excluding hydrogens is 721 g/mol. The largest absolute Gasteiger partial charge is 0.228 e. The first-order chi connectivity index (χ1) is 28.7. The molecule has 0 atom stereocenters. The average molecular weight is 755 g/mol. The minimum Gasteiger partial charge on any atom is -0.228 e. The predicted octanol–water partition coefficient (Wildman–Crippen LogP) is 14.5. The number of fused-ring (bicyclic) bond motifs is 8. The molecule has 11 aromatic rings. The molecule has 1 aliphatic rings. The van der Waals surface area contributed by atoms with E-state index in [0.717, 1.165) is 27.7 Å². The molecule has 1 aliphatic carbocycles. The quantitative estimate of drug-likeness (QED) is 0.175. The Balaban J connectivity index is 0.994. The van der Waals surface area contributed by atoms with Crippen molar-refractivity contribution in [3.05, 3.63) is 229 Å². The standard InChI is InChI=1S/C55H34N2S/c1-2-12-39-33-40(26-23-35(39)11-1)36-21-24-37(25-22-36)53-46-16-5-9-19-50(46)56-54(57-53)38-27-29-41(30-28-38)55(48-17-7-3-13-43(48)44-14-4-8-18-49(44)55)42-31-32-52-47(34-42)45-15-6-10-20-51(45)58-52/h1-34H. The van der Waals surface area contributed by atoms with Gasteiger partial charge in [-0.2, -0.15) is 0 Å². The maximum atomic E-state index is 5.31. The number of nitrogens with zero attached hydrogens (tertiary/aromatic N) is 2. The van der Waals surface area contributed by atoms with Crippen molar-refractivity contribution >= 4 is 53.2 Å². The van der Waals surface area contributed by atoms with Crippen molar-refractivity contribution in [3.8, 4) is 44.9 Å². The van der Waals surface area contributed by atoms with Crippen molar-refractivity contribution in [3.63, 3.8) is 0 Å². The molecule has 2 nitrogen and oxygen atoms in total. The molecule has 0 bridgehead atoms. The van der Waals surface area contributed by atoms with E-state index in [0.29, 0.717) is 5.82 Å². The monoisotopic (exact) mass is 754 g/mol. The Labute approximate surface area is 340 Å². The van der Waals surface area contributed by atoms with E-state index in [-0.39, 0.29) is 0 Å². The Kier molecular flexibility index (Phi) is 7.35. The zero-order chi connectivity index (χ0) is 38.2. The van der Waals surface area contributed by atoms with Gasteiger partial charge in [0.1, 0.15) is 0 Å². The smallest absolute Gasteiger partial charge is 0.160 e. The van der Waals surface area contributed by atoms with Gasteiger partial charge in [-0.3, -0.25) is 0 Å². The number of thiophene rings is 1. The number of hydrogen-bond donors (Lipinski definition) is 0. The summed E-state index contributed by atoms with van der Waals surface area (Å²) in [6.07, 6.45) is 0. The van der Waals surface area contributed by atoms with Crippen LogP contribution in [0.15, 0.2) is 206 Å². The fraction of sp³-hybridized carbons (Fsp3) is 0.0182. The van der Waals surface area contributed by atoms with Crippen molar-refractivity contribution in [2.45, 2.75) is 5.41 Å². The molecular formula is C55H34N2S. The third-order valence-electron chi connectivity index (χ3n) is 12.2. The van der Waals surface area contributed by atoms with Crippen LogP contribution in [0.5, 0.6) is 0 Å². The summed E-state index contributed by atoms with van der Waals surface area (Å²) < 4.78 is 2.62. The highest BCUT2D eigenvalue weighted by molar-refractivity contribution is 7.25. The van der Waals surface area contributed by atoms with Gasteiger partial charge in [0.05, 0.1) is 16.6 Å². The highest BCUT2D eigenvalue weighted by Gasteiger charge is 2.46. The third-order valence-corrected chi connectivity index (χ3v) is 13.3. The Bertz CT molecular complexity index is 3350. The van der Waals surface area contributed by atoms with E-state index < -0.39 is 5.41 Å². The third kappa shape index (κ3) is 4.97. The van der Waals surface area contributed by atoms with Gasteiger partial charge in [-0.15, -0.1) is 11.3 Å². The normalized spacial score (nSPS) is 13.0. The van der Waals surface area contributed by atoms with E-state index >= 15 is 0 Å². The zero-order valence-corrected chi connectivity index (χ0v) is 32.2. The molecule has 2 aromatic heterocycles. The SMILES string of the molecule is c1ccc2c(c1)-c1ccccc1C2(c1ccc(-c2nc(-c3ccc(-c4ccc5ccccc5c4)cc3)c3ccccc3n2)cc1)c1ccc2sc3ccccc3c2c1. The van der Waals surface area contributed by atoms with Crippen LogP contribution in [0.25, 0.3) is 86.7 Å². The zero-order valence-electron chi connectivity index (χ0n) is 31.4. The lowest BCUT2D eigenvalue weighted by Crippen LogP contribution is -2.28. The molecule has 0 N–H and O–H groups in total. The molecule has 9 aromatic carbocycles.